The van der Waals surface area contributed by atoms with E-state index in [9.17, 15) is 20.1 Å². The molecule has 0 aromatic carbocycles. The van der Waals surface area contributed by atoms with E-state index in [1.807, 2.05) is 6.92 Å². The molecule has 0 aromatic rings. The fourth-order valence-corrected chi connectivity index (χ4v) is 10.2. The maximum absolute atomic E-state index is 12.6. The van der Waals surface area contributed by atoms with E-state index >= 15 is 0 Å². The zero-order valence-electron chi connectivity index (χ0n) is 22.0. The van der Waals surface area contributed by atoms with E-state index in [0.717, 1.165) is 51.4 Å². The Morgan fingerprint density at radius 2 is 1.71 bits per heavy atom. The van der Waals surface area contributed by atoms with Gasteiger partial charge in [0.05, 0.1) is 24.9 Å². The van der Waals surface area contributed by atoms with Crippen molar-refractivity contribution in [3.8, 4) is 0 Å². The maximum atomic E-state index is 12.6. The SMILES string of the molecule is CCC(=O)[C@@H]1CC(C)[C@]2(CC[C@@]3(C)C4=C(CC[C@@]32C)[C@@]2(C)CC[C@H](O)C(CO)(CO)[C@@H]2CC4)O1. The Kier molecular flexibility index (Phi) is 5.77. The molecule has 0 amide bonds. The highest BCUT2D eigenvalue weighted by molar-refractivity contribution is 5.83. The number of carbonyl (C=O) groups is 1. The van der Waals surface area contributed by atoms with Crippen LogP contribution in [-0.2, 0) is 9.53 Å². The van der Waals surface area contributed by atoms with Gasteiger partial charge in [-0.05, 0) is 80.5 Å². The van der Waals surface area contributed by atoms with Crippen LogP contribution in [0.25, 0.3) is 0 Å². The number of allylic oxidation sites excluding steroid dienone is 2. The van der Waals surface area contributed by atoms with Gasteiger partial charge >= 0.3 is 0 Å². The third-order valence-electron chi connectivity index (χ3n) is 12.5. The van der Waals surface area contributed by atoms with Gasteiger partial charge in [0.15, 0.2) is 5.78 Å². The summed E-state index contributed by atoms with van der Waals surface area (Å²) in [6, 6.07) is 0. The predicted octanol–water partition coefficient (Wildman–Crippen LogP) is 4.57. The van der Waals surface area contributed by atoms with Crippen molar-refractivity contribution in [3.05, 3.63) is 11.1 Å². The summed E-state index contributed by atoms with van der Waals surface area (Å²) >= 11 is 0. The molecule has 3 fully saturated rings. The summed E-state index contributed by atoms with van der Waals surface area (Å²) in [4.78, 5) is 12.6. The molecule has 5 rings (SSSR count). The molecule has 192 valence electrons. The quantitative estimate of drug-likeness (QED) is 0.520. The second-order valence-electron chi connectivity index (χ2n) is 13.2. The Morgan fingerprint density at radius 1 is 1.00 bits per heavy atom. The summed E-state index contributed by atoms with van der Waals surface area (Å²) in [5, 5.41) is 31.7. The minimum absolute atomic E-state index is 0.0105. The number of Topliss-reactive ketones (excluding diaryl/α,β-unsaturated/α-hetero) is 1. The molecule has 34 heavy (non-hydrogen) atoms. The molecule has 1 heterocycles. The van der Waals surface area contributed by atoms with Gasteiger partial charge in [-0.15, -0.1) is 0 Å². The number of carbonyl (C=O) groups excluding carboxylic acids is 1. The number of hydrogen-bond acceptors (Lipinski definition) is 5. The average molecular weight is 475 g/mol. The van der Waals surface area contributed by atoms with Crippen LogP contribution in [0.1, 0.15) is 98.8 Å². The number of fused-ring (bicyclic) bond motifs is 5. The molecule has 5 aliphatic rings. The summed E-state index contributed by atoms with van der Waals surface area (Å²) < 4.78 is 6.83. The van der Waals surface area contributed by atoms with Crippen molar-refractivity contribution < 1.29 is 24.9 Å². The van der Waals surface area contributed by atoms with E-state index in [1.54, 1.807) is 11.1 Å². The molecule has 1 spiro atoms. The third kappa shape index (κ3) is 2.74. The van der Waals surface area contributed by atoms with Gasteiger partial charge in [-0.25, -0.2) is 0 Å². The minimum Gasteiger partial charge on any atom is -0.396 e. The van der Waals surface area contributed by atoms with Gasteiger partial charge in [0, 0.05) is 17.3 Å². The van der Waals surface area contributed by atoms with Crippen molar-refractivity contribution >= 4 is 5.78 Å². The van der Waals surface area contributed by atoms with Crippen LogP contribution in [0.5, 0.6) is 0 Å². The maximum Gasteiger partial charge on any atom is 0.161 e. The summed E-state index contributed by atoms with van der Waals surface area (Å²) in [6.07, 6.45) is 8.07. The Labute approximate surface area is 205 Å². The highest BCUT2D eigenvalue weighted by Crippen LogP contribution is 2.75. The highest BCUT2D eigenvalue weighted by Gasteiger charge is 2.72. The second-order valence-corrected chi connectivity index (χ2v) is 13.2. The fourth-order valence-electron chi connectivity index (χ4n) is 10.2. The lowest BCUT2D eigenvalue weighted by atomic mass is 9.42. The van der Waals surface area contributed by atoms with Crippen molar-refractivity contribution in [2.24, 2.45) is 33.5 Å². The second kappa shape index (κ2) is 7.87. The average Bonchev–Trinajstić information content (AvgIpc) is 3.29. The first kappa shape index (κ1) is 24.9. The van der Waals surface area contributed by atoms with Crippen LogP contribution in [0.15, 0.2) is 11.1 Å². The molecule has 1 aliphatic heterocycles. The minimum atomic E-state index is -0.819. The first-order chi connectivity index (χ1) is 16.0. The molecule has 5 nitrogen and oxygen atoms in total. The predicted molar refractivity (Wildman–Crippen MR) is 131 cm³/mol. The molecular formula is C29H46O5. The Balaban J connectivity index is 1.56. The Bertz CT molecular complexity index is 891. The van der Waals surface area contributed by atoms with Gasteiger partial charge in [-0.3, -0.25) is 4.79 Å². The monoisotopic (exact) mass is 474 g/mol. The molecule has 0 radical (unpaired) electrons. The van der Waals surface area contributed by atoms with Crippen molar-refractivity contribution in [2.75, 3.05) is 13.2 Å². The lowest BCUT2D eigenvalue weighted by molar-refractivity contribution is -0.170. The van der Waals surface area contributed by atoms with Crippen LogP contribution in [0.3, 0.4) is 0 Å². The molecular weight excluding hydrogens is 428 g/mol. The topological polar surface area (TPSA) is 87.0 Å². The summed E-state index contributed by atoms with van der Waals surface area (Å²) in [5.41, 5.74) is 2.01. The van der Waals surface area contributed by atoms with Gasteiger partial charge in [-0.1, -0.05) is 45.8 Å². The number of ketones is 1. The smallest absolute Gasteiger partial charge is 0.161 e. The van der Waals surface area contributed by atoms with Crippen LogP contribution >= 0.6 is 0 Å². The summed E-state index contributed by atoms with van der Waals surface area (Å²) in [5.74, 6) is 0.707. The molecule has 0 aromatic heterocycles. The first-order valence-electron chi connectivity index (χ1n) is 13.8. The highest BCUT2D eigenvalue weighted by atomic mass is 16.5. The first-order valence-corrected chi connectivity index (χ1v) is 13.8. The van der Waals surface area contributed by atoms with Gasteiger partial charge in [0.25, 0.3) is 0 Å². The fraction of sp³-hybridized carbons (Fsp3) is 0.897. The normalized spacial score (nSPS) is 49.6. The van der Waals surface area contributed by atoms with Crippen LogP contribution < -0.4 is 0 Å². The van der Waals surface area contributed by atoms with Gasteiger partial charge < -0.3 is 20.1 Å². The number of aliphatic hydroxyl groups excluding tert-OH is 3. The zero-order chi connectivity index (χ0) is 24.7. The van der Waals surface area contributed by atoms with Crippen LogP contribution in [0.2, 0.25) is 0 Å². The Hall–Kier alpha value is -0.750. The van der Waals surface area contributed by atoms with E-state index in [1.165, 1.54) is 0 Å². The molecule has 3 N–H and O–H groups in total. The number of hydrogen-bond donors (Lipinski definition) is 3. The van der Waals surface area contributed by atoms with Crippen LogP contribution in [-0.4, -0.2) is 52.1 Å². The molecule has 1 saturated heterocycles. The van der Waals surface area contributed by atoms with E-state index in [-0.39, 0.29) is 52.9 Å². The van der Waals surface area contributed by atoms with E-state index in [4.69, 9.17) is 4.74 Å². The molecule has 2 saturated carbocycles. The van der Waals surface area contributed by atoms with E-state index in [2.05, 4.69) is 27.7 Å². The lowest BCUT2D eigenvalue weighted by Crippen LogP contribution is -2.61. The molecule has 1 unspecified atom stereocenters. The molecule has 0 bridgehead atoms. The van der Waals surface area contributed by atoms with Gasteiger partial charge in [-0.2, -0.15) is 0 Å². The number of rotatable bonds is 4. The number of aliphatic hydroxyl groups is 3. The summed E-state index contributed by atoms with van der Waals surface area (Å²) in [7, 11) is 0. The van der Waals surface area contributed by atoms with Crippen molar-refractivity contribution in [1.82, 2.24) is 0 Å². The van der Waals surface area contributed by atoms with Crippen molar-refractivity contribution in [3.63, 3.8) is 0 Å². The molecule has 8 atom stereocenters. The van der Waals surface area contributed by atoms with Gasteiger partial charge in [0.1, 0.15) is 6.10 Å². The molecule has 4 aliphatic carbocycles. The standard InChI is InChI=1S/C29H46O5/c1-6-21(32)22-15-18(2)29(34-22)14-13-26(4)20-7-8-23-25(3,19(20)9-12-27(26,29)5)11-10-24(33)28(23,16-30)17-31/h18,22-24,30-31,33H,6-17H2,1-5H3/t18?,22-,23+,24-,25+,26-,27-,29-/m0/s1. The third-order valence-corrected chi connectivity index (χ3v) is 12.5. The largest absolute Gasteiger partial charge is 0.396 e. The van der Waals surface area contributed by atoms with Gasteiger partial charge in [0.2, 0.25) is 0 Å². The zero-order valence-corrected chi connectivity index (χ0v) is 22.0. The Morgan fingerprint density at radius 3 is 2.35 bits per heavy atom. The van der Waals surface area contributed by atoms with Crippen LogP contribution in [0, 0.1) is 33.5 Å². The van der Waals surface area contributed by atoms with E-state index in [0.29, 0.717) is 18.8 Å². The lowest BCUT2D eigenvalue weighted by Gasteiger charge is -2.63. The summed E-state index contributed by atoms with van der Waals surface area (Å²) in [6.45, 7) is 11.2. The van der Waals surface area contributed by atoms with E-state index < -0.39 is 11.5 Å². The molecule has 5 heteroatoms. The van der Waals surface area contributed by atoms with Crippen molar-refractivity contribution in [1.29, 1.82) is 0 Å². The number of ether oxygens (including phenoxy) is 1. The van der Waals surface area contributed by atoms with Crippen molar-refractivity contribution in [2.45, 2.75) is 117 Å². The van der Waals surface area contributed by atoms with Crippen LogP contribution in [0.4, 0.5) is 0 Å².